The Morgan fingerprint density at radius 3 is 2.24 bits per heavy atom. The van der Waals surface area contributed by atoms with E-state index >= 15 is 0 Å². The van der Waals surface area contributed by atoms with Crippen LogP contribution in [0.4, 0.5) is 0 Å². The van der Waals surface area contributed by atoms with Gasteiger partial charge in [0.1, 0.15) is 6.20 Å². The van der Waals surface area contributed by atoms with Crippen LogP contribution in [0.5, 0.6) is 0 Å². The molecule has 2 unspecified atom stereocenters. The van der Waals surface area contributed by atoms with E-state index < -0.39 is 7.60 Å². The topological polar surface area (TPSA) is 47.9 Å². The Kier molecular flexibility index (Phi) is 5.07. The van der Waals surface area contributed by atoms with Crippen LogP contribution in [0.15, 0.2) is 17.4 Å². The molecule has 1 aliphatic heterocycles. The molecule has 0 aromatic rings. The van der Waals surface area contributed by atoms with Crippen molar-refractivity contribution in [2.75, 3.05) is 20.3 Å². The van der Waals surface area contributed by atoms with E-state index in [4.69, 9.17) is 9.05 Å². The zero-order valence-corrected chi connectivity index (χ0v) is 11.9. The predicted octanol–water partition coefficient (Wildman–Crippen LogP) is 2.95. The van der Waals surface area contributed by atoms with Gasteiger partial charge in [-0.25, -0.2) is 9.48 Å². The van der Waals surface area contributed by atoms with Crippen molar-refractivity contribution in [3.05, 3.63) is 12.4 Å². The molecule has 0 bridgehead atoms. The van der Waals surface area contributed by atoms with Crippen LogP contribution in [0, 0.1) is 0 Å². The maximum absolute atomic E-state index is 12.8. The van der Waals surface area contributed by atoms with Gasteiger partial charge < -0.3 is 9.05 Å². The Balaban J connectivity index is 3.01. The first-order valence-electron chi connectivity index (χ1n) is 5.98. The molecule has 0 radical (unpaired) electrons. The number of hydrogen-bond acceptors (Lipinski definition) is 4. The van der Waals surface area contributed by atoms with Crippen LogP contribution in [0.25, 0.3) is 0 Å². The molecule has 0 aromatic heterocycles. The van der Waals surface area contributed by atoms with Crippen molar-refractivity contribution in [3.63, 3.8) is 0 Å². The van der Waals surface area contributed by atoms with Gasteiger partial charge in [-0.2, -0.15) is 0 Å². The third kappa shape index (κ3) is 3.05. The first-order valence-corrected chi connectivity index (χ1v) is 7.60. The second-order valence-corrected chi connectivity index (χ2v) is 6.24. The molecule has 1 heterocycles. The summed E-state index contributed by atoms with van der Waals surface area (Å²) in [5.74, 6) is -0.245. The predicted molar refractivity (Wildman–Crippen MR) is 68.8 cm³/mol. The molecule has 5 nitrogen and oxygen atoms in total. The number of aliphatic imine (C=N–C) groups is 1. The minimum absolute atomic E-state index is 0.245. The van der Waals surface area contributed by atoms with Crippen molar-refractivity contribution in [3.8, 4) is 0 Å². The van der Waals surface area contributed by atoms with E-state index in [2.05, 4.69) is 4.99 Å². The van der Waals surface area contributed by atoms with E-state index in [1.165, 1.54) is 0 Å². The summed E-state index contributed by atoms with van der Waals surface area (Å²) in [5, 5.41) is 0. The van der Waals surface area contributed by atoms with Crippen LogP contribution in [0.2, 0.25) is 0 Å². The molecule has 1 rings (SSSR count). The molecule has 98 valence electrons. The minimum atomic E-state index is -3.11. The number of quaternary nitrogens is 1. The van der Waals surface area contributed by atoms with Crippen LogP contribution in [0.1, 0.15) is 27.2 Å². The highest BCUT2D eigenvalue weighted by Gasteiger charge is 2.47. The molecule has 0 fully saturated rings. The molecule has 17 heavy (non-hydrogen) atoms. The van der Waals surface area contributed by atoms with Crippen molar-refractivity contribution in [2.45, 2.75) is 33.0 Å². The largest absolute Gasteiger partial charge is 0.388 e. The number of hydrogen-bond donors (Lipinski definition) is 0. The van der Waals surface area contributed by atoms with Crippen LogP contribution < -0.4 is 0 Å². The van der Waals surface area contributed by atoms with Gasteiger partial charge in [-0.15, -0.1) is 0 Å². The summed E-state index contributed by atoms with van der Waals surface area (Å²) < 4.78 is 24.0. The average Bonchev–Trinajstić information content (AvgIpc) is 2.67. The Morgan fingerprint density at radius 1 is 1.29 bits per heavy atom. The molecule has 6 heteroatoms. The van der Waals surface area contributed by atoms with Crippen molar-refractivity contribution in [2.24, 2.45) is 4.99 Å². The lowest BCUT2D eigenvalue weighted by atomic mass is 10.4. The fourth-order valence-electron chi connectivity index (χ4n) is 2.07. The van der Waals surface area contributed by atoms with E-state index in [1.807, 2.05) is 34.0 Å². The molecular weight excluding hydrogens is 239 g/mol. The Bertz CT molecular complexity index is 333. The molecule has 0 aromatic carbocycles. The summed E-state index contributed by atoms with van der Waals surface area (Å²) >= 11 is 0. The monoisotopic (exact) mass is 261 g/mol. The van der Waals surface area contributed by atoms with Gasteiger partial charge in [0.2, 0.25) is 0 Å². The summed E-state index contributed by atoms with van der Waals surface area (Å²) in [6.07, 6.45) is 6.08. The minimum Gasteiger partial charge on any atom is -0.305 e. The lowest BCUT2D eigenvalue weighted by Crippen LogP contribution is -2.45. The first kappa shape index (κ1) is 14.6. The number of nitrogens with zero attached hydrogens (tertiary/aromatic N) is 2. The van der Waals surface area contributed by atoms with Gasteiger partial charge in [0, 0.05) is 6.42 Å². The zero-order chi connectivity index (χ0) is 12.9. The second-order valence-electron chi connectivity index (χ2n) is 4.05. The van der Waals surface area contributed by atoms with Gasteiger partial charge >= 0.3 is 7.60 Å². The third-order valence-electron chi connectivity index (χ3n) is 2.78. The Hall–Kier alpha value is -0.480. The zero-order valence-electron chi connectivity index (χ0n) is 11.0. The van der Waals surface area contributed by atoms with E-state index in [-0.39, 0.29) is 5.78 Å². The van der Waals surface area contributed by atoms with Crippen LogP contribution >= 0.6 is 7.60 Å². The fourth-order valence-corrected chi connectivity index (χ4v) is 4.40. The van der Waals surface area contributed by atoms with Gasteiger partial charge in [-0.1, -0.05) is 6.92 Å². The van der Waals surface area contributed by atoms with Crippen molar-refractivity contribution >= 4 is 13.9 Å². The van der Waals surface area contributed by atoms with E-state index in [1.54, 1.807) is 12.5 Å². The lowest BCUT2D eigenvalue weighted by Gasteiger charge is -2.35. The third-order valence-corrected chi connectivity index (χ3v) is 5.61. The fraction of sp³-hybridized carbons (Fsp3) is 0.727. The standard InChI is InChI=1S/C11H22N2O3P/c1-5-11(13(4)9-8-12-10-13)17(14,15-6-2)16-7-3/h8-11H,5-7H2,1-4H3/q+1. The van der Waals surface area contributed by atoms with Crippen LogP contribution in [-0.2, 0) is 13.6 Å². The molecule has 0 N–H and O–H groups in total. The van der Waals surface area contributed by atoms with Crippen molar-refractivity contribution < 1.29 is 18.1 Å². The first-order chi connectivity index (χ1) is 8.02. The normalized spacial score (nSPS) is 25.4. The summed E-state index contributed by atoms with van der Waals surface area (Å²) in [7, 11) is -1.16. The smallest absolute Gasteiger partial charge is 0.305 e. The maximum atomic E-state index is 12.8. The molecule has 0 saturated heterocycles. The van der Waals surface area contributed by atoms with Crippen molar-refractivity contribution in [1.82, 2.24) is 0 Å². The summed E-state index contributed by atoms with van der Waals surface area (Å²) in [5.41, 5.74) is 0. The summed E-state index contributed by atoms with van der Waals surface area (Å²) in [6.45, 7) is 6.40. The lowest BCUT2D eigenvalue weighted by molar-refractivity contribution is -0.771. The van der Waals surface area contributed by atoms with Gasteiger partial charge in [0.25, 0.3) is 0 Å². The van der Waals surface area contributed by atoms with Gasteiger partial charge in [0.15, 0.2) is 12.1 Å². The Morgan fingerprint density at radius 2 is 1.88 bits per heavy atom. The SMILES string of the molecule is CCOP(=O)(OCC)C(CC)[N+]1(C)C=CN=C1. The molecule has 1 aliphatic rings. The van der Waals surface area contributed by atoms with Gasteiger partial charge in [-0.05, 0) is 13.8 Å². The molecule has 0 saturated carbocycles. The molecule has 0 spiro atoms. The highest BCUT2D eigenvalue weighted by molar-refractivity contribution is 7.54. The van der Waals surface area contributed by atoms with Gasteiger partial charge in [0.05, 0.1) is 26.5 Å². The summed E-state index contributed by atoms with van der Waals surface area (Å²) in [4.78, 5) is 4.07. The van der Waals surface area contributed by atoms with E-state index in [0.29, 0.717) is 24.1 Å². The van der Waals surface area contributed by atoms with Crippen LogP contribution in [0.3, 0.4) is 0 Å². The van der Waals surface area contributed by atoms with E-state index in [0.717, 1.165) is 0 Å². The molecular formula is C11H22N2O3P+. The van der Waals surface area contributed by atoms with Gasteiger partial charge in [-0.3, -0.25) is 4.57 Å². The highest BCUT2D eigenvalue weighted by atomic mass is 31.2. The maximum Gasteiger partial charge on any atom is 0.388 e. The highest BCUT2D eigenvalue weighted by Crippen LogP contribution is 2.57. The summed E-state index contributed by atoms with van der Waals surface area (Å²) in [6, 6.07) is 0. The quantitative estimate of drug-likeness (QED) is 0.523. The molecule has 2 atom stereocenters. The molecule has 0 aliphatic carbocycles. The van der Waals surface area contributed by atoms with E-state index in [9.17, 15) is 4.57 Å². The second kappa shape index (κ2) is 5.91. The Labute approximate surface area is 103 Å². The average molecular weight is 261 g/mol. The van der Waals surface area contributed by atoms with Crippen molar-refractivity contribution in [1.29, 1.82) is 0 Å². The van der Waals surface area contributed by atoms with Crippen LogP contribution in [-0.4, -0.2) is 36.9 Å². The molecule has 0 amide bonds. The number of rotatable bonds is 7.